The summed E-state index contributed by atoms with van der Waals surface area (Å²) in [4.78, 5) is 45.4. The van der Waals surface area contributed by atoms with Crippen LogP contribution in [0.4, 0.5) is 8.78 Å². The molecule has 2 aromatic carbocycles. The first-order valence-electron chi connectivity index (χ1n) is 13.1. The molecule has 0 aliphatic heterocycles. The molecule has 3 unspecified atom stereocenters. The van der Waals surface area contributed by atoms with Crippen molar-refractivity contribution in [3.05, 3.63) is 77.4 Å². The molecule has 0 spiro atoms. The van der Waals surface area contributed by atoms with E-state index >= 15 is 0 Å². The van der Waals surface area contributed by atoms with E-state index in [0.29, 0.717) is 24.9 Å². The van der Waals surface area contributed by atoms with Crippen LogP contribution in [0.3, 0.4) is 0 Å². The highest BCUT2D eigenvalue weighted by Crippen LogP contribution is 2.37. The first-order chi connectivity index (χ1) is 19.3. The summed E-state index contributed by atoms with van der Waals surface area (Å²) in [6.07, 6.45) is -1.60. The van der Waals surface area contributed by atoms with Gasteiger partial charge < -0.3 is 26.6 Å². The van der Waals surface area contributed by atoms with Crippen molar-refractivity contribution >= 4 is 31.7 Å². The smallest absolute Gasteiger partial charge is 0.385 e. The van der Waals surface area contributed by atoms with Crippen LogP contribution in [0.5, 0.6) is 0 Å². The molecule has 0 aliphatic rings. The van der Waals surface area contributed by atoms with E-state index in [0.717, 1.165) is 29.8 Å². The minimum Gasteiger partial charge on any atom is -0.385 e. The summed E-state index contributed by atoms with van der Waals surface area (Å²) < 4.78 is 42.2. The second-order valence-corrected chi connectivity index (χ2v) is 10.2. The molecular weight excluding hydrogens is 557 g/mol. The second-order valence-electron chi connectivity index (χ2n) is 9.45. The number of carbonyl (C=O) groups is 3. The van der Waals surface area contributed by atoms with Crippen molar-refractivity contribution in [2.24, 2.45) is 5.73 Å². The number of carbonyl (C=O) groups excluding carboxylic acids is 3. The van der Waals surface area contributed by atoms with Gasteiger partial charge in [0, 0.05) is 25.6 Å². The Bertz CT molecular complexity index is 1230. The van der Waals surface area contributed by atoms with Crippen LogP contribution in [-0.2, 0) is 42.4 Å². The van der Waals surface area contributed by atoms with Gasteiger partial charge in [-0.15, -0.1) is 0 Å². The Labute approximate surface area is 238 Å². The van der Waals surface area contributed by atoms with Gasteiger partial charge in [0.1, 0.15) is 12.1 Å². The largest absolute Gasteiger partial charge is 0.389 e. The van der Waals surface area contributed by atoms with Crippen molar-refractivity contribution in [1.82, 2.24) is 16.0 Å². The van der Waals surface area contributed by atoms with Crippen molar-refractivity contribution in [3.8, 4) is 0 Å². The third-order valence-electron chi connectivity index (χ3n) is 6.27. The molecule has 13 heteroatoms. The van der Waals surface area contributed by atoms with Crippen LogP contribution in [0.2, 0.25) is 0 Å². The lowest BCUT2D eigenvalue weighted by atomic mass is 10.0. The Hall–Kier alpha value is -3.60. The van der Waals surface area contributed by atoms with Gasteiger partial charge in [-0.2, -0.15) is 8.78 Å². The quantitative estimate of drug-likeness (QED) is 0.139. The number of nitrogens with two attached hydrogens (primary N) is 1. The summed E-state index contributed by atoms with van der Waals surface area (Å²) >= 11 is 0. The first-order valence-corrected chi connectivity index (χ1v) is 14.4. The Morgan fingerprint density at radius 3 is 2.17 bits per heavy atom. The van der Waals surface area contributed by atoms with Gasteiger partial charge in [-0.05, 0) is 42.4 Å². The molecule has 41 heavy (non-hydrogen) atoms. The molecule has 224 valence electrons. The lowest BCUT2D eigenvalue weighted by molar-refractivity contribution is -0.185. The van der Waals surface area contributed by atoms with Gasteiger partial charge in [0.2, 0.25) is 17.7 Å². The molecule has 0 fully saturated rings. The fourth-order valence-electron chi connectivity index (χ4n) is 4.01. The minimum atomic E-state index is -3.98. The van der Waals surface area contributed by atoms with Crippen LogP contribution in [0, 0.1) is 0 Å². The average molecular weight is 595 g/mol. The number of unbranched alkanes of at least 4 members (excludes halogenated alkanes) is 1. The molecular formula is C28H37F2N4O6P. The van der Waals surface area contributed by atoms with Crippen LogP contribution < -0.4 is 21.7 Å². The van der Waals surface area contributed by atoms with Crippen molar-refractivity contribution in [1.29, 1.82) is 0 Å². The Balaban J connectivity index is 1.92. The molecule has 0 saturated heterocycles. The number of rotatable bonds is 17. The Kier molecular flexibility index (Phi) is 13.1. The number of hydrogen-bond donors (Lipinski definition) is 5. The zero-order valence-electron chi connectivity index (χ0n) is 23.0. The lowest BCUT2D eigenvalue weighted by Crippen LogP contribution is -2.53. The van der Waals surface area contributed by atoms with Gasteiger partial charge in [0.15, 0.2) is 0 Å². The molecule has 2 rings (SSSR count). The normalized spacial score (nSPS) is 13.5. The second kappa shape index (κ2) is 16.0. The van der Waals surface area contributed by atoms with Gasteiger partial charge in [0.05, 0.1) is 5.56 Å². The van der Waals surface area contributed by atoms with Crippen molar-refractivity contribution in [2.45, 2.75) is 64.1 Å². The summed E-state index contributed by atoms with van der Waals surface area (Å²) in [5.74, 6) is -1.91. The number of primary amides is 1. The fraction of sp³-hybridized carbons (Fsp3) is 0.393. The summed E-state index contributed by atoms with van der Waals surface area (Å²) in [6.45, 7) is 7.93. The summed E-state index contributed by atoms with van der Waals surface area (Å²) in [5.41, 5.74) is 8.24. The molecule has 0 saturated carbocycles. The molecule has 2 aromatic rings. The van der Waals surface area contributed by atoms with Gasteiger partial charge in [-0.25, -0.2) is 4.52 Å². The zero-order valence-corrected chi connectivity index (χ0v) is 24.0. The van der Waals surface area contributed by atoms with E-state index in [9.17, 15) is 27.7 Å². The number of hydrogen-bond acceptors (Lipinski definition) is 6. The molecule has 6 N–H and O–H groups in total. The number of alkyl halides is 2. The fourth-order valence-corrected chi connectivity index (χ4v) is 4.35. The number of aryl methyl sites for hydroxylation is 1. The third-order valence-corrected chi connectivity index (χ3v) is 6.70. The highest BCUT2D eigenvalue weighted by molar-refractivity contribution is 7.32. The SMILES string of the molecule is C=C(NCCCCC(NC(=O)C(Cc1ccc(C(F)(F)O[PH](=O)O)cc1)NC(C)=O)C(N)=O)c1ccc(CC)cc1. The minimum absolute atomic E-state index is 0.0779. The zero-order chi connectivity index (χ0) is 30.6. The maximum Gasteiger partial charge on any atom is 0.389 e. The Morgan fingerprint density at radius 1 is 1.02 bits per heavy atom. The van der Waals surface area contributed by atoms with E-state index in [-0.39, 0.29) is 12.8 Å². The van der Waals surface area contributed by atoms with Crippen molar-refractivity contribution < 1.29 is 37.1 Å². The summed E-state index contributed by atoms with van der Waals surface area (Å²) in [7, 11) is -3.88. The number of amides is 3. The van der Waals surface area contributed by atoms with E-state index in [1.54, 1.807) is 0 Å². The predicted molar refractivity (Wildman–Crippen MR) is 152 cm³/mol. The predicted octanol–water partition coefficient (Wildman–Crippen LogP) is 3.15. The number of nitrogens with one attached hydrogen (secondary N) is 3. The molecule has 0 aliphatic carbocycles. The van der Waals surface area contributed by atoms with Gasteiger partial charge in [-0.3, -0.25) is 18.9 Å². The molecule has 3 amide bonds. The number of benzene rings is 2. The molecule has 0 aromatic heterocycles. The molecule has 0 bridgehead atoms. The molecule has 0 radical (unpaired) electrons. The van der Waals surface area contributed by atoms with Gasteiger partial charge in [0.25, 0.3) is 0 Å². The van der Waals surface area contributed by atoms with Crippen LogP contribution >= 0.6 is 8.25 Å². The van der Waals surface area contributed by atoms with E-state index < -0.39 is 49.7 Å². The van der Waals surface area contributed by atoms with Crippen LogP contribution in [-0.4, -0.2) is 41.2 Å². The van der Waals surface area contributed by atoms with E-state index in [2.05, 4.69) is 34.0 Å². The van der Waals surface area contributed by atoms with Crippen molar-refractivity contribution in [2.75, 3.05) is 6.54 Å². The van der Waals surface area contributed by atoms with E-state index in [1.165, 1.54) is 24.6 Å². The highest BCUT2D eigenvalue weighted by Gasteiger charge is 2.35. The van der Waals surface area contributed by atoms with E-state index in [4.69, 9.17) is 10.6 Å². The molecule has 10 nitrogen and oxygen atoms in total. The highest BCUT2D eigenvalue weighted by atomic mass is 31.1. The van der Waals surface area contributed by atoms with E-state index in [1.807, 2.05) is 24.3 Å². The van der Waals surface area contributed by atoms with Crippen LogP contribution in [0.15, 0.2) is 55.1 Å². The topological polar surface area (TPSA) is 160 Å². The van der Waals surface area contributed by atoms with Gasteiger partial charge >= 0.3 is 14.4 Å². The maximum atomic E-state index is 13.9. The molecule has 0 heterocycles. The summed E-state index contributed by atoms with van der Waals surface area (Å²) in [6, 6.07) is 10.5. The third kappa shape index (κ3) is 11.4. The first kappa shape index (κ1) is 33.6. The van der Waals surface area contributed by atoms with Crippen LogP contribution in [0.25, 0.3) is 5.70 Å². The monoisotopic (exact) mass is 594 g/mol. The average Bonchev–Trinajstić information content (AvgIpc) is 2.91. The lowest BCUT2D eigenvalue weighted by Gasteiger charge is -2.22. The number of halogens is 2. The standard InChI is InChI=1S/C28H37F2N4O6P/c1-4-20-8-12-22(13-9-20)18(2)32-16-6-5-7-24(26(31)36)34-27(37)25(33-19(3)35)17-21-10-14-23(15-11-21)28(29,30)40-41(38)39/h8-15,24-25,32,41H,2,4-7,16-17H2,1,3H3,(H2,31,36)(H,33,35)(H,34,37)(H,38,39). The van der Waals surface area contributed by atoms with Crippen molar-refractivity contribution in [3.63, 3.8) is 0 Å². The van der Waals surface area contributed by atoms with Crippen LogP contribution in [0.1, 0.15) is 55.4 Å². The Morgan fingerprint density at radius 2 is 1.63 bits per heavy atom. The van der Waals surface area contributed by atoms with Gasteiger partial charge in [-0.1, -0.05) is 62.0 Å². The summed E-state index contributed by atoms with van der Waals surface area (Å²) in [5, 5.41) is 8.30. The molecule has 3 atom stereocenters. The maximum absolute atomic E-state index is 13.9.